The van der Waals surface area contributed by atoms with Gasteiger partial charge in [-0.05, 0) is 6.07 Å². The minimum atomic E-state index is -2.81. The highest BCUT2D eigenvalue weighted by molar-refractivity contribution is 7.18. The van der Waals surface area contributed by atoms with Crippen LogP contribution in [-0.4, -0.2) is 21.3 Å². The first kappa shape index (κ1) is 15.5. The molecule has 0 saturated heterocycles. The Morgan fingerprint density at radius 3 is 2.78 bits per heavy atom. The summed E-state index contributed by atoms with van der Waals surface area (Å²) >= 11 is 7.15. The SMILES string of the molecule is O=C(Nc1nnc(-c2ccccc2Cl)s1)c1cc(C(F)F)no1. The molecule has 3 aromatic rings. The maximum Gasteiger partial charge on any atom is 0.296 e. The van der Waals surface area contributed by atoms with Crippen molar-refractivity contribution >= 4 is 34.0 Å². The summed E-state index contributed by atoms with van der Waals surface area (Å²) in [6.07, 6.45) is -2.81. The number of hydrogen-bond acceptors (Lipinski definition) is 6. The van der Waals surface area contributed by atoms with Crippen molar-refractivity contribution in [1.29, 1.82) is 0 Å². The lowest BCUT2D eigenvalue weighted by atomic mass is 10.2. The molecule has 0 radical (unpaired) electrons. The molecule has 0 spiro atoms. The summed E-state index contributed by atoms with van der Waals surface area (Å²) in [5, 5.41) is 14.4. The number of nitrogens with one attached hydrogen (secondary N) is 1. The number of alkyl halides is 2. The zero-order valence-corrected chi connectivity index (χ0v) is 12.7. The highest BCUT2D eigenvalue weighted by atomic mass is 35.5. The number of hydrogen-bond donors (Lipinski definition) is 1. The van der Waals surface area contributed by atoms with Crippen LogP contribution in [0.15, 0.2) is 34.9 Å². The highest BCUT2D eigenvalue weighted by Crippen LogP contribution is 2.31. The molecule has 0 fully saturated rings. The van der Waals surface area contributed by atoms with Gasteiger partial charge in [-0.1, -0.05) is 46.3 Å². The van der Waals surface area contributed by atoms with Crippen molar-refractivity contribution in [2.45, 2.75) is 6.43 Å². The minimum absolute atomic E-state index is 0.180. The van der Waals surface area contributed by atoms with Crippen LogP contribution in [0.25, 0.3) is 10.6 Å². The highest BCUT2D eigenvalue weighted by Gasteiger charge is 2.20. The molecule has 0 aliphatic carbocycles. The molecule has 3 rings (SSSR count). The van der Waals surface area contributed by atoms with E-state index in [4.69, 9.17) is 11.6 Å². The van der Waals surface area contributed by atoms with Crippen LogP contribution in [0.3, 0.4) is 0 Å². The first-order valence-electron chi connectivity index (χ1n) is 6.19. The lowest BCUT2D eigenvalue weighted by Gasteiger charge is -1.97. The summed E-state index contributed by atoms with van der Waals surface area (Å²) in [4.78, 5) is 11.9. The van der Waals surface area contributed by atoms with Gasteiger partial charge in [0, 0.05) is 11.6 Å². The van der Waals surface area contributed by atoms with E-state index in [9.17, 15) is 13.6 Å². The van der Waals surface area contributed by atoms with E-state index >= 15 is 0 Å². The fourth-order valence-corrected chi connectivity index (χ4v) is 2.73. The van der Waals surface area contributed by atoms with E-state index in [-0.39, 0.29) is 10.9 Å². The number of halogens is 3. The molecule has 6 nitrogen and oxygen atoms in total. The predicted molar refractivity (Wildman–Crippen MR) is 79.8 cm³/mol. The summed E-state index contributed by atoms with van der Waals surface area (Å²) in [6, 6.07) is 7.91. The van der Waals surface area contributed by atoms with Crippen LogP contribution < -0.4 is 5.32 Å². The van der Waals surface area contributed by atoms with Gasteiger partial charge in [-0.2, -0.15) is 0 Å². The van der Waals surface area contributed by atoms with Crippen LogP contribution in [0, 0.1) is 0 Å². The lowest BCUT2D eigenvalue weighted by molar-refractivity contribution is 0.0985. The molecule has 1 amide bonds. The van der Waals surface area contributed by atoms with Crippen molar-refractivity contribution in [2.24, 2.45) is 0 Å². The first-order valence-corrected chi connectivity index (χ1v) is 7.38. The Bertz CT molecular complexity index is 852. The number of amides is 1. The quantitative estimate of drug-likeness (QED) is 0.763. The molecule has 0 bridgehead atoms. The van der Waals surface area contributed by atoms with E-state index in [2.05, 4.69) is 25.2 Å². The molecule has 0 aliphatic rings. The fraction of sp³-hybridized carbons (Fsp3) is 0.0769. The van der Waals surface area contributed by atoms with Gasteiger partial charge >= 0.3 is 0 Å². The molecular formula is C13H7ClF2N4O2S. The fourth-order valence-electron chi connectivity index (χ4n) is 1.67. The molecule has 2 heterocycles. The smallest absolute Gasteiger partial charge is 0.296 e. The Kier molecular flexibility index (Phi) is 4.30. The van der Waals surface area contributed by atoms with Gasteiger partial charge in [0.1, 0.15) is 0 Å². The van der Waals surface area contributed by atoms with Crippen LogP contribution in [0.1, 0.15) is 22.7 Å². The second kappa shape index (κ2) is 6.39. The third kappa shape index (κ3) is 3.35. The molecule has 118 valence electrons. The van der Waals surface area contributed by atoms with Gasteiger partial charge < -0.3 is 4.52 Å². The number of carbonyl (C=O) groups excluding carboxylic acids is 1. The summed E-state index contributed by atoms with van der Waals surface area (Å²) in [6.45, 7) is 0. The molecule has 1 aromatic carbocycles. The van der Waals surface area contributed by atoms with E-state index in [1.807, 2.05) is 0 Å². The van der Waals surface area contributed by atoms with Crippen LogP contribution in [0.2, 0.25) is 5.02 Å². The Hall–Kier alpha value is -2.39. The first-order chi connectivity index (χ1) is 11.0. The second-order valence-corrected chi connectivity index (χ2v) is 5.65. The molecular weight excluding hydrogens is 350 g/mol. The summed E-state index contributed by atoms with van der Waals surface area (Å²) in [5.74, 6) is -1.08. The van der Waals surface area contributed by atoms with Gasteiger partial charge in [-0.25, -0.2) is 8.78 Å². The van der Waals surface area contributed by atoms with Crippen molar-refractivity contribution in [3.8, 4) is 10.6 Å². The molecule has 0 aliphatic heterocycles. The van der Waals surface area contributed by atoms with Gasteiger partial charge in [-0.15, -0.1) is 10.2 Å². The van der Waals surface area contributed by atoms with E-state index in [1.54, 1.807) is 24.3 Å². The second-order valence-electron chi connectivity index (χ2n) is 4.26. The lowest BCUT2D eigenvalue weighted by Crippen LogP contribution is -2.10. The molecule has 0 atom stereocenters. The van der Waals surface area contributed by atoms with E-state index in [0.717, 1.165) is 17.4 Å². The third-order valence-electron chi connectivity index (χ3n) is 2.73. The van der Waals surface area contributed by atoms with Gasteiger partial charge in [0.05, 0.1) is 5.02 Å². The molecule has 2 aromatic heterocycles. The van der Waals surface area contributed by atoms with Gasteiger partial charge in [0.2, 0.25) is 10.9 Å². The van der Waals surface area contributed by atoms with E-state index in [0.29, 0.717) is 15.6 Å². The van der Waals surface area contributed by atoms with Crippen molar-refractivity contribution < 1.29 is 18.1 Å². The zero-order chi connectivity index (χ0) is 16.4. The Labute approximate surface area is 137 Å². The standard InChI is InChI=1S/C13H7ClF2N4O2S/c14-7-4-2-1-3-6(7)12-18-19-13(23-12)17-11(21)9-5-8(10(15)16)20-22-9/h1-5,10H,(H,17,19,21). The third-order valence-corrected chi connectivity index (χ3v) is 3.93. The normalized spacial score (nSPS) is 11.0. The van der Waals surface area contributed by atoms with Gasteiger partial charge in [-0.3, -0.25) is 10.1 Å². The summed E-state index contributed by atoms with van der Waals surface area (Å²) < 4.78 is 29.4. The van der Waals surface area contributed by atoms with Gasteiger partial charge in [0.25, 0.3) is 12.3 Å². The number of nitrogens with zero attached hydrogens (tertiary/aromatic N) is 3. The van der Waals surface area contributed by atoms with Crippen molar-refractivity contribution in [1.82, 2.24) is 15.4 Å². The largest absolute Gasteiger partial charge is 0.351 e. The maximum atomic E-state index is 12.4. The van der Waals surface area contributed by atoms with Crippen molar-refractivity contribution in [3.05, 3.63) is 46.8 Å². The van der Waals surface area contributed by atoms with Crippen LogP contribution in [0.5, 0.6) is 0 Å². The van der Waals surface area contributed by atoms with E-state index < -0.39 is 18.0 Å². The van der Waals surface area contributed by atoms with Crippen molar-refractivity contribution in [2.75, 3.05) is 5.32 Å². The summed E-state index contributed by atoms with van der Waals surface area (Å²) in [5.41, 5.74) is 0.0657. The Morgan fingerprint density at radius 1 is 1.30 bits per heavy atom. The summed E-state index contributed by atoms with van der Waals surface area (Å²) in [7, 11) is 0. The average Bonchev–Trinajstić information content (AvgIpc) is 3.16. The zero-order valence-electron chi connectivity index (χ0n) is 11.2. The van der Waals surface area contributed by atoms with E-state index in [1.165, 1.54) is 0 Å². The topological polar surface area (TPSA) is 80.9 Å². The molecule has 0 unspecified atom stereocenters. The molecule has 0 saturated carbocycles. The van der Waals surface area contributed by atoms with Crippen LogP contribution >= 0.6 is 22.9 Å². The minimum Gasteiger partial charge on any atom is -0.351 e. The number of carbonyl (C=O) groups is 1. The predicted octanol–water partition coefficient (Wildman–Crippen LogP) is 4.04. The van der Waals surface area contributed by atoms with Gasteiger partial charge in [0.15, 0.2) is 10.7 Å². The van der Waals surface area contributed by atoms with Crippen LogP contribution in [-0.2, 0) is 0 Å². The molecule has 23 heavy (non-hydrogen) atoms. The average molecular weight is 357 g/mol. The molecule has 10 heteroatoms. The molecule has 1 N–H and O–H groups in total. The Morgan fingerprint density at radius 2 is 2.09 bits per heavy atom. The number of benzene rings is 1. The Balaban J connectivity index is 1.76. The maximum absolute atomic E-state index is 12.4. The number of anilines is 1. The van der Waals surface area contributed by atoms with Crippen LogP contribution in [0.4, 0.5) is 13.9 Å². The monoisotopic (exact) mass is 356 g/mol. The van der Waals surface area contributed by atoms with Crippen molar-refractivity contribution in [3.63, 3.8) is 0 Å². The number of rotatable bonds is 4. The number of aromatic nitrogens is 3.